The van der Waals surface area contributed by atoms with Crippen LogP contribution in [0.4, 0.5) is 5.69 Å². The number of rotatable bonds is 5. The number of nitrogens with one attached hydrogen (secondary N) is 1. The summed E-state index contributed by atoms with van der Waals surface area (Å²) in [5.41, 5.74) is -0.552. The van der Waals surface area contributed by atoms with Crippen LogP contribution in [0.3, 0.4) is 0 Å². The topological polar surface area (TPSA) is 95.9 Å². The highest BCUT2D eigenvalue weighted by molar-refractivity contribution is 7.99. The van der Waals surface area contributed by atoms with Crippen LogP contribution in [-0.4, -0.2) is 53.1 Å². The molecule has 0 saturated carbocycles. The van der Waals surface area contributed by atoms with E-state index in [1.54, 1.807) is 30.0 Å². The largest absolute Gasteiger partial charge is 0.482 e. The van der Waals surface area contributed by atoms with Crippen molar-refractivity contribution in [1.82, 2.24) is 5.32 Å². The van der Waals surface area contributed by atoms with Crippen LogP contribution in [0.1, 0.15) is 19.3 Å². The molecule has 8 heteroatoms. The second-order valence-corrected chi connectivity index (χ2v) is 7.32. The molecule has 0 aliphatic carbocycles. The minimum absolute atomic E-state index is 0.0439. The summed E-state index contributed by atoms with van der Waals surface area (Å²) in [6.45, 7) is 0.129. The van der Waals surface area contributed by atoms with Gasteiger partial charge in [-0.15, -0.1) is 0 Å². The molecule has 0 spiro atoms. The molecule has 1 aromatic rings. The fourth-order valence-electron chi connectivity index (χ4n) is 3.05. The number of carboxylic acid groups (broad SMARTS) is 1. The minimum Gasteiger partial charge on any atom is -0.482 e. The molecule has 0 unspecified atom stereocenters. The number of para-hydroxylation sites is 2. The Labute approximate surface area is 149 Å². The molecule has 2 aliphatic rings. The monoisotopic (exact) mass is 364 g/mol. The third-order valence-corrected chi connectivity index (χ3v) is 5.49. The number of ether oxygens (including phenoxy) is 1. The number of hydrogen-bond acceptors (Lipinski definition) is 5. The lowest BCUT2D eigenvalue weighted by Crippen LogP contribution is -2.57. The standard InChI is InChI=1S/C17H20N2O5S/c20-14(18-17(16(22)23)6-9-25-10-7-17)5-8-19-12-3-1-2-4-13(12)24-11-15(19)21/h1-4H,5-11H2,(H,18,20)(H,22,23). The summed E-state index contributed by atoms with van der Waals surface area (Å²) in [7, 11) is 0. The molecular weight excluding hydrogens is 344 g/mol. The van der Waals surface area contributed by atoms with Gasteiger partial charge in [-0.2, -0.15) is 11.8 Å². The molecule has 0 aromatic heterocycles. The molecule has 2 amide bonds. The summed E-state index contributed by atoms with van der Waals surface area (Å²) in [4.78, 5) is 37.6. The number of fused-ring (bicyclic) bond motifs is 1. The molecule has 2 N–H and O–H groups in total. The van der Waals surface area contributed by atoms with E-state index >= 15 is 0 Å². The Kier molecular flexibility index (Phi) is 5.17. The molecule has 25 heavy (non-hydrogen) atoms. The minimum atomic E-state index is -1.19. The third kappa shape index (κ3) is 3.73. The maximum absolute atomic E-state index is 12.3. The number of thioether (sulfide) groups is 1. The van der Waals surface area contributed by atoms with E-state index in [1.807, 2.05) is 6.07 Å². The van der Waals surface area contributed by atoms with Crippen LogP contribution in [0, 0.1) is 0 Å². The van der Waals surface area contributed by atoms with Crippen molar-refractivity contribution in [3.8, 4) is 5.75 Å². The SMILES string of the molecule is O=C(CCN1C(=O)COc2ccccc21)NC1(C(=O)O)CCSCC1. The van der Waals surface area contributed by atoms with Gasteiger partial charge < -0.3 is 20.1 Å². The Balaban J connectivity index is 1.64. The van der Waals surface area contributed by atoms with Crippen LogP contribution in [-0.2, 0) is 14.4 Å². The number of benzene rings is 1. The first-order valence-corrected chi connectivity index (χ1v) is 9.32. The number of nitrogens with zero attached hydrogens (tertiary/aromatic N) is 1. The molecule has 2 heterocycles. The quantitative estimate of drug-likeness (QED) is 0.817. The van der Waals surface area contributed by atoms with E-state index in [9.17, 15) is 19.5 Å². The summed E-state index contributed by atoms with van der Waals surface area (Å²) in [5.74, 6) is 0.464. The zero-order valence-electron chi connectivity index (χ0n) is 13.7. The molecule has 0 atom stereocenters. The Morgan fingerprint density at radius 3 is 2.72 bits per heavy atom. The van der Waals surface area contributed by atoms with E-state index in [1.165, 1.54) is 4.90 Å². The lowest BCUT2D eigenvalue weighted by molar-refractivity contribution is -0.148. The van der Waals surface area contributed by atoms with Gasteiger partial charge in [0.1, 0.15) is 11.3 Å². The number of carbonyl (C=O) groups excluding carboxylic acids is 2. The van der Waals surface area contributed by atoms with Crippen molar-refractivity contribution in [2.45, 2.75) is 24.8 Å². The lowest BCUT2D eigenvalue weighted by atomic mass is 9.92. The first-order chi connectivity index (χ1) is 12.0. The maximum Gasteiger partial charge on any atom is 0.329 e. The van der Waals surface area contributed by atoms with Crippen LogP contribution in [0.25, 0.3) is 0 Å². The van der Waals surface area contributed by atoms with Crippen molar-refractivity contribution in [1.29, 1.82) is 0 Å². The number of carboxylic acids is 1. The summed E-state index contributed by atoms with van der Waals surface area (Å²) in [6, 6.07) is 7.15. The Bertz CT molecular complexity index is 687. The zero-order chi connectivity index (χ0) is 17.9. The number of hydrogen-bond donors (Lipinski definition) is 2. The average Bonchev–Trinajstić information content (AvgIpc) is 2.61. The van der Waals surface area contributed by atoms with E-state index in [4.69, 9.17) is 4.74 Å². The van der Waals surface area contributed by atoms with Gasteiger partial charge in [-0.1, -0.05) is 12.1 Å². The van der Waals surface area contributed by atoms with Crippen molar-refractivity contribution < 1.29 is 24.2 Å². The van der Waals surface area contributed by atoms with Gasteiger partial charge in [0, 0.05) is 13.0 Å². The molecule has 3 rings (SSSR count). The summed E-state index contributed by atoms with van der Waals surface area (Å²) < 4.78 is 5.37. The average molecular weight is 364 g/mol. The van der Waals surface area contributed by atoms with Crippen molar-refractivity contribution in [2.24, 2.45) is 0 Å². The van der Waals surface area contributed by atoms with E-state index in [2.05, 4.69) is 5.32 Å². The fourth-order valence-corrected chi connectivity index (χ4v) is 4.24. The van der Waals surface area contributed by atoms with Crippen LogP contribution in [0.15, 0.2) is 24.3 Å². The summed E-state index contributed by atoms with van der Waals surface area (Å²) in [5, 5.41) is 12.2. The van der Waals surface area contributed by atoms with Gasteiger partial charge in [0.25, 0.3) is 5.91 Å². The molecule has 134 valence electrons. The highest BCUT2D eigenvalue weighted by Crippen LogP contribution is 2.31. The second-order valence-electron chi connectivity index (χ2n) is 6.10. The zero-order valence-corrected chi connectivity index (χ0v) is 14.5. The number of aliphatic carboxylic acids is 1. The van der Waals surface area contributed by atoms with Crippen molar-refractivity contribution in [3.05, 3.63) is 24.3 Å². The molecule has 1 fully saturated rings. The number of anilines is 1. The van der Waals surface area contributed by atoms with Gasteiger partial charge in [0.15, 0.2) is 6.61 Å². The maximum atomic E-state index is 12.3. The van der Waals surface area contributed by atoms with Crippen molar-refractivity contribution in [3.63, 3.8) is 0 Å². The molecule has 1 aromatic carbocycles. The van der Waals surface area contributed by atoms with Gasteiger partial charge in [-0.3, -0.25) is 9.59 Å². The van der Waals surface area contributed by atoms with Gasteiger partial charge in [-0.05, 0) is 36.5 Å². The van der Waals surface area contributed by atoms with Crippen molar-refractivity contribution in [2.75, 3.05) is 29.6 Å². The Hall–Kier alpha value is -2.22. The summed E-state index contributed by atoms with van der Waals surface area (Å²) in [6.07, 6.45) is 0.873. The summed E-state index contributed by atoms with van der Waals surface area (Å²) >= 11 is 1.69. The van der Waals surface area contributed by atoms with Gasteiger partial charge >= 0.3 is 5.97 Å². The normalized spacial score (nSPS) is 18.9. The molecular formula is C17H20N2O5S. The Morgan fingerprint density at radius 2 is 2.00 bits per heavy atom. The van der Waals surface area contributed by atoms with Crippen LogP contribution in [0.5, 0.6) is 5.75 Å². The van der Waals surface area contributed by atoms with Crippen LogP contribution >= 0.6 is 11.8 Å². The first-order valence-electron chi connectivity index (χ1n) is 8.16. The molecule has 7 nitrogen and oxygen atoms in total. The van der Waals surface area contributed by atoms with E-state index < -0.39 is 11.5 Å². The third-order valence-electron chi connectivity index (χ3n) is 4.51. The lowest BCUT2D eigenvalue weighted by Gasteiger charge is -2.34. The van der Waals surface area contributed by atoms with Crippen LogP contribution < -0.4 is 15.0 Å². The van der Waals surface area contributed by atoms with E-state index in [0.29, 0.717) is 35.8 Å². The van der Waals surface area contributed by atoms with Crippen molar-refractivity contribution >= 4 is 35.2 Å². The van der Waals surface area contributed by atoms with Crippen LogP contribution in [0.2, 0.25) is 0 Å². The number of amides is 2. The highest BCUT2D eigenvalue weighted by Gasteiger charge is 2.41. The second kappa shape index (κ2) is 7.35. The van der Waals surface area contributed by atoms with E-state index in [0.717, 1.165) is 0 Å². The molecule has 0 radical (unpaired) electrons. The van der Waals surface area contributed by atoms with Gasteiger partial charge in [-0.25, -0.2) is 4.79 Å². The predicted octanol–water partition coefficient (Wildman–Crippen LogP) is 1.27. The predicted molar refractivity (Wildman–Crippen MR) is 94.0 cm³/mol. The molecule has 0 bridgehead atoms. The van der Waals surface area contributed by atoms with Gasteiger partial charge in [0.2, 0.25) is 5.91 Å². The molecule has 2 aliphatic heterocycles. The number of carbonyl (C=O) groups is 3. The first kappa shape index (κ1) is 17.6. The fraction of sp³-hybridized carbons (Fsp3) is 0.471. The van der Waals surface area contributed by atoms with Gasteiger partial charge in [0.05, 0.1) is 5.69 Å². The smallest absolute Gasteiger partial charge is 0.329 e. The van der Waals surface area contributed by atoms with E-state index in [-0.39, 0.29) is 31.4 Å². The Morgan fingerprint density at radius 1 is 1.28 bits per heavy atom. The molecule has 1 saturated heterocycles. The highest BCUT2D eigenvalue weighted by atomic mass is 32.2.